The first-order valence-electron chi connectivity index (χ1n) is 8.28. The Labute approximate surface area is 164 Å². The second-order valence-corrected chi connectivity index (χ2v) is 6.79. The van der Waals surface area contributed by atoms with Gasteiger partial charge in [0.2, 0.25) is 0 Å². The van der Waals surface area contributed by atoms with Gasteiger partial charge in [0.15, 0.2) is 5.96 Å². The minimum absolute atomic E-state index is 0. The van der Waals surface area contributed by atoms with Crippen LogP contribution < -0.4 is 15.8 Å². The maximum Gasteiger partial charge on any atom is 0.193 e. The van der Waals surface area contributed by atoms with Crippen LogP contribution in [0.25, 0.3) is 0 Å². The maximum atomic E-state index is 5.99. The molecule has 5 nitrogen and oxygen atoms in total. The summed E-state index contributed by atoms with van der Waals surface area (Å²) in [6.07, 6.45) is 1.27. The summed E-state index contributed by atoms with van der Waals surface area (Å²) in [6, 6.07) is 8.14. The molecule has 0 amide bonds. The lowest BCUT2D eigenvalue weighted by atomic mass is 10.0. The third-order valence-corrected chi connectivity index (χ3v) is 3.44. The van der Waals surface area contributed by atoms with E-state index >= 15 is 0 Å². The molecule has 0 aliphatic rings. The number of halogens is 1. The van der Waals surface area contributed by atoms with Gasteiger partial charge in [-0.2, -0.15) is 0 Å². The Kier molecular flexibility index (Phi) is 11.0. The van der Waals surface area contributed by atoms with Crippen molar-refractivity contribution in [1.29, 1.82) is 0 Å². The number of hydrogen-bond acceptors (Lipinski definition) is 3. The molecule has 3 N–H and O–H groups in total. The predicted molar refractivity (Wildman–Crippen MR) is 115 cm³/mol. The summed E-state index contributed by atoms with van der Waals surface area (Å²) in [6.45, 7) is 9.16. The quantitative estimate of drug-likeness (QED) is 0.361. The second kappa shape index (κ2) is 11.5. The average molecular weight is 448 g/mol. The Morgan fingerprint density at radius 3 is 2.21 bits per heavy atom. The number of benzene rings is 1. The zero-order valence-electron chi connectivity index (χ0n) is 15.7. The molecule has 0 saturated heterocycles. The summed E-state index contributed by atoms with van der Waals surface area (Å²) in [5.74, 6) is 1.93. The van der Waals surface area contributed by atoms with Gasteiger partial charge in [-0.25, -0.2) is 0 Å². The molecular formula is C18H33IN4O. The van der Waals surface area contributed by atoms with Crippen molar-refractivity contribution in [1.82, 2.24) is 4.90 Å². The van der Waals surface area contributed by atoms with Crippen LogP contribution in [0.5, 0.6) is 5.75 Å². The van der Waals surface area contributed by atoms with E-state index in [2.05, 4.69) is 43.2 Å². The highest BCUT2D eigenvalue weighted by atomic mass is 127. The molecule has 0 heterocycles. The van der Waals surface area contributed by atoms with Crippen molar-refractivity contribution >= 4 is 35.6 Å². The summed E-state index contributed by atoms with van der Waals surface area (Å²) >= 11 is 0. The van der Waals surface area contributed by atoms with Crippen LogP contribution in [0, 0.1) is 5.92 Å². The summed E-state index contributed by atoms with van der Waals surface area (Å²) in [5.41, 5.74) is 6.90. The summed E-state index contributed by atoms with van der Waals surface area (Å²) in [7, 11) is 4.17. The third kappa shape index (κ3) is 9.32. The number of hydrogen-bond donors (Lipinski definition) is 2. The fraction of sp³-hybridized carbons (Fsp3) is 0.611. The Bertz CT molecular complexity index is 486. The fourth-order valence-electron chi connectivity index (χ4n) is 2.27. The van der Waals surface area contributed by atoms with Crippen LogP contribution in [-0.4, -0.2) is 43.6 Å². The second-order valence-electron chi connectivity index (χ2n) is 6.79. The number of aliphatic imine (C=N–C) groups is 1. The highest BCUT2D eigenvalue weighted by Gasteiger charge is 2.12. The van der Waals surface area contributed by atoms with Gasteiger partial charge in [-0.05, 0) is 64.5 Å². The molecule has 1 aromatic rings. The molecule has 0 fully saturated rings. The zero-order chi connectivity index (χ0) is 17.4. The van der Waals surface area contributed by atoms with Crippen molar-refractivity contribution < 1.29 is 4.74 Å². The highest BCUT2D eigenvalue weighted by molar-refractivity contribution is 14.0. The molecule has 0 spiro atoms. The van der Waals surface area contributed by atoms with Crippen LogP contribution in [0.4, 0.5) is 5.69 Å². The first-order valence-corrected chi connectivity index (χ1v) is 8.28. The van der Waals surface area contributed by atoms with Crippen molar-refractivity contribution in [2.45, 2.75) is 46.3 Å². The molecule has 0 radical (unpaired) electrons. The van der Waals surface area contributed by atoms with Crippen molar-refractivity contribution in [3.8, 4) is 5.75 Å². The first-order chi connectivity index (χ1) is 10.8. The van der Waals surface area contributed by atoms with Crippen molar-refractivity contribution in [2.75, 3.05) is 26.0 Å². The summed E-state index contributed by atoms with van der Waals surface area (Å²) < 4.78 is 5.62. The van der Waals surface area contributed by atoms with E-state index in [4.69, 9.17) is 10.5 Å². The molecule has 1 atom stereocenters. The van der Waals surface area contributed by atoms with Gasteiger partial charge in [-0.1, -0.05) is 13.8 Å². The monoisotopic (exact) mass is 448 g/mol. The molecule has 0 aliphatic carbocycles. The van der Waals surface area contributed by atoms with Crippen LogP contribution in [0.1, 0.15) is 34.1 Å². The lowest BCUT2D eigenvalue weighted by molar-refractivity contribution is 0.242. The van der Waals surface area contributed by atoms with Crippen LogP contribution in [-0.2, 0) is 0 Å². The van der Waals surface area contributed by atoms with E-state index in [1.807, 2.05) is 38.1 Å². The topological polar surface area (TPSA) is 62.9 Å². The van der Waals surface area contributed by atoms with E-state index in [1.165, 1.54) is 0 Å². The highest BCUT2D eigenvalue weighted by Crippen LogP contribution is 2.16. The van der Waals surface area contributed by atoms with Crippen LogP contribution in [0.3, 0.4) is 0 Å². The number of nitrogens with one attached hydrogen (secondary N) is 1. The summed E-state index contributed by atoms with van der Waals surface area (Å²) in [4.78, 5) is 6.68. The maximum absolute atomic E-state index is 5.99. The molecule has 138 valence electrons. The van der Waals surface area contributed by atoms with E-state index in [9.17, 15) is 0 Å². The predicted octanol–water partition coefficient (Wildman–Crippen LogP) is 3.79. The SMILES string of the molecule is CC(C)CC(CN=C(N)Nc1ccc(OC(C)C)cc1)N(C)C.I. The molecule has 0 aliphatic heterocycles. The zero-order valence-corrected chi connectivity index (χ0v) is 18.1. The molecule has 0 aromatic heterocycles. The molecule has 1 unspecified atom stereocenters. The number of likely N-dealkylation sites (N-methyl/N-ethyl adjacent to an activating group) is 1. The van der Waals surface area contributed by atoms with Crippen LogP contribution in [0.2, 0.25) is 0 Å². The Hall–Kier alpha value is -1.02. The fourth-order valence-corrected chi connectivity index (χ4v) is 2.27. The number of nitrogens with zero attached hydrogens (tertiary/aromatic N) is 2. The Morgan fingerprint density at radius 1 is 1.17 bits per heavy atom. The van der Waals surface area contributed by atoms with E-state index in [-0.39, 0.29) is 30.1 Å². The van der Waals surface area contributed by atoms with Gasteiger partial charge in [0, 0.05) is 11.7 Å². The van der Waals surface area contributed by atoms with Crippen LogP contribution >= 0.6 is 24.0 Å². The third-order valence-electron chi connectivity index (χ3n) is 3.44. The number of nitrogens with two attached hydrogens (primary N) is 1. The lowest BCUT2D eigenvalue weighted by Crippen LogP contribution is -2.34. The number of rotatable bonds is 8. The Morgan fingerprint density at radius 2 is 1.75 bits per heavy atom. The lowest BCUT2D eigenvalue weighted by Gasteiger charge is -2.24. The minimum atomic E-state index is 0. The van der Waals surface area contributed by atoms with Crippen molar-refractivity contribution in [2.24, 2.45) is 16.6 Å². The smallest absolute Gasteiger partial charge is 0.193 e. The van der Waals surface area contributed by atoms with Crippen LogP contribution in [0.15, 0.2) is 29.3 Å². The van der Waals surface area contributed by atoms with E-state index in [0.717, 1.165) is 17.9 Å². The molecular weight excluding hydrogens is 415 g/mol. The number of anilines is 1. The Balaban J connectivity index is 0.00000529. The number of ether oxygens (including phenoxy) is 1. The van der Waals surface area contributed by atoms with Gasteiger partial charge in [-0.3, -0.25) is 4.99 Å². The van der Waals surface area contributed by atoms with Gasteiger partial charge < -0.3 is 20.7 Å². The standard InChI is InChI=1S/C18H32N4O.HI/c1-13(2)11-16(22(5)6)12-20-18(19)21-15-7-9-17(10-8-15)23-14(3)4;/h7-10,13-14,16H,11-12H2,1-6H3,(H3,19,20,21);1H. The van der Waals surface area contributed by atoms with Crippen molar-refractivity contribution in [3.05, 3.63) is 24.3 Å². The van der Waals surface area contributed by atoms with Crippen molar-refractivity contribution in [3.63, 3.8) is 0 Å². The molecule has 1 rings (SSSR count). The molecule has 0 saturated carbocycles. The van der Waals surface area contributed by atoms with Gasteiger partial charge in [-0.15, -0.1) is 24.0 Å². The molecule has 6 heteroatoms. The van der Waals surface area contributed by atoms with Gasteiger partial charge in [0.05, 0.1) is 12.6 Å². The molecule has 24 heavy (non-hydrogen) atoms. The summed E-state index contributed by atoms with van der Waals surface area (Å²) in [5, 5.41) is 3.12. The first kappa shape index (κ1) is 23.0. The van der Waals surface area contributed by atoms with Gasteiger partial charge in [0.1, 0.15) is 5.75 Å². The van der Waals surface area contributed by atoms with E-state index in [1.54, 1.807) is 0 Å². The normalized spacial score (nSPS) is 13.1. The average Bonchev–Trinajstić information content (AvgIpc) is 2.44. The van der Waals surface area contributed by atoms with Gasteiger partial charge in [0.25, 0.3) is 0 Å². The van der Waals surface area contributed by atoms with E-state index < -0.39 is 0 Å². The van der Waals surface area contributed by atoms with E-state index in [0.29, 0.717) is 24.5 Å². The molecule has 0 bridgehead atoms. The largest absolute Gasteiger partial charge is 0.491 e. The minimum Gasteiger partial charge on any atom is -0.491 e. The van der Waals surface area contributed by atoms with Gasteiger partial charge >= 0.3 is 0 Å². The molecule has 1 aromatic carbocycles. The number of guanidine groups is 1.